The first-order chi connectivity index (χ1) is 13.9. The van der Waals surface area contributed by atoms with Crippen LogP contribution in [-0.2, 0) is 9.47 Å². The van der Waals surface area contributed by atoms with Gasteiger partial charge in [-0.2, -0.15) is 15.8 Å². The van der Waals surface area contributed by atoms with Crippen LogP contribution in [0.4, 0.5) is 4.39 Å². The molecule has 0 saturated carbocycles. The lowest BCUT2D eigenvalue weighted by molar-refractivity contribution is -0.253. The molecule has 0 unspecified atom stereocenters. The molecule has 2 aromatic carbocycles. The second-order valence-electron chi connectivity index (χ2n) is 7.30. The number of hydrogen-bond donors (Lipinski definition) is 1. The zero-order valence-corrected chi connectivity index (χ0v) is 15.4. The molecule has 2 saturated heterocycles. The van der Waals surface area contributed by atoms with Crippen LogP contribution in [0.3, 0.4) is 0 Å². The smallest absolute Gasteiger partial charge is 0.218 e. The molecule has 142 valence electrons. The van der Waals surface area contributed by atoms with Crippen LogP contribution in [0.2, 0.25) is 0 Å². The van der Waals surface area contributed by atoms with Crippen molar-refractivity contribution in [3.63, 3.8) is 0 Å². The van der Waals surface area contributed by atoms with E-state index in [9.17, 15) is 20.2 Å². The lowest BCUT2D eigenvalue weighted by Gasteiger charge is -2.48. The molecule has 2 aliphatic rings. The third-order valence-corrected chi connectivity index (χ3v) is 5.80. The minimum Gasteiger partial charge on any atom is -0.447 e. The van der Waals surface area contributed by atoms with Gasteiger partial charge in [-0.25, -0.2) is 4.39 Å². The van der Waals surface area contributed by atoms with Gasteiger partial charge in [0.2, 0.25) is 17.1 Å². The molecule has 4 rings (SSSR count). The Balaban J connectivity index is 2.05. The predicted octanol–water partition coefficient (Wildman–Crippen LogP) is 3.95. The average molecular weight is 386 g/mol. The highest BCUT2D eigenvalue weighted by Crippen LogP contribution is 2.69. The minimum absolute atomic E-state index is 0.226. The zero-order valence-electron chi connectivity index (χ0n) is 15.4. The SMILES string of the molecule is C[C@@]12OC(=N)[C@@](C#N)([C@H]1c1ccccc1)C(C#N)(C#N)[C@@H](c1cccc(F)c1)O2. The van der Waals surface area contributed by atoms with Gasteiger partial charge in [-0.3, -0.25) is 5.41 Å². The first kappa shape index (κ1) is 18.6. The quantitative estimate of drug-likeness (QED) is 0.839. The highest BCUT2D eigenvalue weighted by atomic mass is 19.1. The average Bonchev–Trinajstić information content (AvgIpc) is 2.91. The van der Waals surface area contributed by atoms with Crippen LogP contribution >= 0.6 is 0 Å². The van der Waals surface area contributed by atoms with E-state index in [0.717, 1.165) is 6.07 Å². The van der Waals surface area contributed by atoms with Gasteiger partial charge in [-0.1, -0.05) is 42.5 Å². The Morgan fingerprint density at radius 2 is 1.62 bits per heavy atom. The Morgan fingerprint density at radius 3 is 2.21 bits per heavy atom. The summed E-state index contributed by atoms with van der Waals surface area (Å²) in [7, 11) is 0. The second kappa shape index (κ2) is 6.14. The summed E-state index contributed by atoms with van der Waals surface area (Å²) in [6.07, 6.45) is -1.29. The van der Waals surface area contributed by atoms with Gasteiger partial charge in [-0.05, 0) is 23.3 Å². The second-order valence-corrected chi connectivity index (χ2v) is 7.30. The molecule has 2 aromatic rings. The largest absolute Gasteiger partial charge is 0.447 e. The van der Waals surface area contributed by atoms with E-state index in [1.807, 2.05) is 12.1 Å². The molecule has 2 heterocycles. The van der Waals surface area contributed by atoms with Crippen molar-refractivity contribution >= 4 is 5.90 Å². The maximum Gasteiger partial charge on any atom is 0.218 e. The van der Waals surface area contributed by atoms with Crippen molar-refractivity contribution in [2.45, 2.75) is 24.7 Å². The van der Waals surface area contributed by atoms with Gasteiger partial charge in [0, 0.05) is 6.92 Å². The van der Waals surface area contributed by atoms with Crippen LogP contribution in [0.15, 0.2) is 54.6 Å². The molecular formula is C22H15FN4O2. The molecule has 0 aromatic heterocycles. The van der Waals surface area contributed by atoms with Crippen molar-refractivity contribution < 1.29 is 13.9 Å². The highest BCUT2D eigenvalue weighted by molar-refractivity contribution is 5.90. The first-order valence-corrected chi connectivity index (χ1v) is 8.88. The van der Waals surface area contributed by atoms with E-state index in [2.05, 4.69) is 6.07 Å². The molecule has 0 amide bonds. The molecule has 2 aliphatic heterocycles. The van der Waals surface area contributed by atoms with Crippen LogP contribution in [0.5, 0.6) is 0 Å². The van der Waals surface area contributed by atoms with Gasteiger partial charge in [0.15, 0.2) is 5.41 Å². The molecule has 29 heavy (non-hydrogen) atoms. The summed E-state index contributed by atoms with van der Waals surface area (Å²) in [5.41, 5.74) is -3.25. The highest BCUT2D eigenvalue weighted by Gasteiger charge is 2.79. The summed E-state index contributed by atoms with van der Waals surface area (Å²) >= 11 is 0. The number of nitrogens with one attached hydrogen (secondary N) is 1. The summed E-state index contributed by atoms with van der Waals surface area (Å²) in [6, 6.07) is 20.1. The molecule has 7 heteroatoms. The van der Waals surface area contributed by atoms with Gasteiger partial charge in [0.25, 0.3) is 0 Å². The van der Waals surface area contributed by atoms with Crippen molar-refractivity contribution in [1.29, 1.82) is 21.2 Å². The normalized spacial score (nSPS) is 31.8. The molecule has 0 radical (unpaired) electrons. The first-order valence-electron chi connectivity index (χ1n) is 8.88. The van der Waals surface area contributed by atoms with Crippen LogP contribution in [0.25, 0.3) is 0 Å². The van der Waals surface area contributed by atoms with Gasteiger partial charge < -0.3 is 9.47 Å². The number of rotatable bonds is 2. The third-order valence-electron chi connectivity index (χ3n) is 5.80. The number of benzene rings is 2. The third kappa shape index (κ3) is 2.18. The van der Waals surface area contributed by atoms with E-state index in [1.54, 1.807) is 37.3 Å². The standard InChI is InChI=1S/C22H15FN4O2/c1-20-17(14-6-3-2-4-7-14)22(13-26,19(27)29-20)21(11-24,12-25)18(28-20)15-8-5-9-16(23)10-15/h2-10,17-18,27H,1H3/t17-,18+,20+,22+/m0/s1. The lowest BCUT2D eigenvalue weighted by atomic mass is 9.52. The van der Waals surface area contributed by atoms with E-state index < -0.39 is 40.4 Å². The van der Waals surface area contributed by atoms with Gasteiger partial charge in [-0.15, -0.1) is 0 Å². The van der Waals surface area contributed by atoms with E-state index in [-0.39, 0.29) is 5.56 Å². The fourth-order valence-electron chi connectivity index (χ4n) is 4.60. The molecule has 0 spiro atoms. The Hall–Kier alpha value is -3.73. The maximum atomic E-state index is 13.9. The molecule has 2 fully saturated rings. The Kier molecular flexibility index (Phi) is 3.94. The number of nitrogens with zero attached hydrogens (tertiary/aromatic N) is 3. The lowest BCUT2D eigenvalue weighted by Crippen LogP contribution is -2.57. The summed E-state index contributed by atoms with van der Waals surface area (Å²) < 4.78 is 25.8. The topological polar surface area (TPSA) is 114 Å². The van der Waals surface area contributed by atoms with Gasteiger partial charge >= 0.3 is 0 Å². The predicted molar refractivity (Wildman–Crippen MR) is 98.3 cm³/mol. The van der Waals surface area contributed by atoms with E-state index in [4.69, 9.17) is 14.9 Å². The van der Waals surface area contributed by atoms with Crippen LogP contribution in [-0.4, -0.2) is 11.7 Å². The molecule has 4 atom stereocenters. The molecular weight excluding hydrogens is 371 g/mol. The summed E-state index contributed by atoms with van der Waals surface area (Å²) in [4.78, 5) is 0. The number of ether oxygens (including phenoxy) is 2. The van der Waals surface area contributed by atoms with Crippen molar-refractivity contribution in [2.75, 3.05) is 0 Å². The fourth-order valence-corrected chi connectivity index (χ4v) is 4.60. The van der Waals surface area contributed by atoms with Gasteiger partial charge in [0.1, 0.15) is 11.9 Å². The molecule has 0 aliphatic carbocycles. The van der Waals surface area contributed by atoms with E-state index >= 15 is 0 Å². The summed E-state index contributed by atoms with van der Waals surface area (Å²) in [5.74, 6) is -3.47. The van der Waals surface area contributed by atoms with Crippen molar-refractivity contribution in [2.24, 2.45) is 10.8 Å². The zero-order chi connectivity index (χ0) is 20.9. The van der Waals surface area contributed by atoms with E-state index in [0.29, 0.717) is 5.56 Å². The summed E-state index contributed by atoms with van der Waals surface area (Å²) in [5, 5.41) is 39.1. The number of halogens is 1. The van der Waals surface area contributed by atoms with Crippen molar-refractivity contribution in [1.82, 2.24) is 0 Å². The van der Waals surface area contributed by atoms with Crippen molar-refractivity contribution in [3.8, 4) is 18.2 Å². The number of fused-ring (bicyclic) bond motifs is 2. The Morgan fingerprint density at radius 1 is 0.966 bits per heavy atom. The van der Waals surface area contributed by atoms with Crippen LogP contribution in [0.1, 0.15) is 30.1 Å². The maximum absolute atomic E-state index is 13.9. The Labute approximate surface area is 166 Å². The Bertz CT molecular complexity index is 1120. The summed E-state index contributed by atoms with van der Waals surface area (Å²) in [6.45, 7) is 1.57. The molecule has 1 N–H and O–H groups in total. The van der Waals surface area contributed by atoms with Crippen molar-refractivity contribution in [3.05, 3.63) is 71.5 Å². The minimum atomic E-state index is -2.14. The molecule has 2 bridgehead atoms. The number of nitriles is 3. The van der Waals surface area contributed by atoms with Crippen LogP contribution < -0.4 is 0 Å². The molecule has 6 nitrogen and oxygen atoms in total. The van der Waals surface area contributed by atoms with Gasteiger partial charge in [0.05, 0.1) is 24.1 Å². The fraction of sp³-hybridized carbons (Fsp3) is 0.273. The van der Waals surface area contributed by atoms with E-state index in [1.165, 1.54) is 18.2 Å². The monoisotopic (exact) mass is 386 g/mol. The van der Waals surface area contributed by atoms with Crippen LogP contribution in [0, 0.1) is 56.0 Å². The number of hydrogen-bond acceptors (Lipinski definition) is 6.